The van der Waals surface area contributed by atoms with Gasteiger partial charge in [0.15, 0.2) is 0 Å². The van der Waals surface area contributed by atoms with Gasteiger partial charge in [-0.25, -0.2) is 0 Å². The van der Waals surface area contributed by atoms with Crippen LogP contribution in [0, 0.1) is 13.8 Å². The zero-order chi connectivity index (χ0) is 20.5. The van der Waals surface area contributed by atoms with Crippen LogP contribution in [0.3, 0.4) is 0 Å². The largest absolute Gasteiger partial charge is 0.322 e. The molecule has 0 fully saturated rings. The van der Waals surface area contributed by atoms with Crippen LogP contribution in [0.5, 0.6) is 0 Å². The summed E-state index contributed by atoms with van der Waals surface area (Å²) in [5.74, 6) is 0. The Bertz CT molecular complexity index is 645. The smallest absolute Gasteiger partial charge is 0.299 e. The van der Waals surface area contributed by atoms with E-state index >= 15 is 0 Å². The molecule has 0 aliphatic rings. The minimum absolute atomic E-state index is 0.217. The van der Waals surface area contributed by atoms with E-state index in [0.717, 1.165) is 0 Å². The lowest BCUT2D eigenvalue weighted by Gasteiger charge is -2.21. The van der Waals surface area contributed by atoms with Crippen LogP contribution in [0.2, 0.25) is 0 Å². The first-order chi connectivity index (χ1) is 11.8. The molecule has 0 aliphatic heterocycles. The van der Waals surface area contributed by atoms with Gasteiger partial charge in [-0.15, -0.1) is 0 Å². The van der Waals surface area contributed by atoms with E-state index in [1.165, 1.54) is 22.3 Å². The summed E-state index contributed by atoms with van der Waals surface area (Å²) < 4.78 is 22.8. The molecule has 6 N–H and O–H groups in total. The second-order valence-electron chi connectivity index (χ2n) is 7.30. The van der Waals surface area contributed by atoms with Crippen molar-refractivity contribution in [2.75, 3.05) is 0 Å². The van der Waals surface area contributed by atoms with E-state index in [2.05, 4.69) is 38.1 Å². The third-order valence-corrected chi connectivity index (χ3v) is 3.68. The third kappa shape index (κ3) is 9.79. The van der Waals surface area contributed by atoms with Crippen molar-refractivity contribution >= 4 is 11.4 Å². The lowest BCUT2D eigenvalue weighted by Crippen LogP contribution is -2.29. The molecule has 0 bridgehead atoms. The van der Waals surface area contributed by atoms with E-state index in [4.69, 9.17) is 24.8 Å². The normalized spacial score (nSPS) is 11.2. The lowest BCUT2D eigenvalue weighted by atomic mass is 9.92. The number of hydrogen-bond donors (Lipinski definition) is 4. The van der Waals surface area contributed by atoms with Gasteiger partial charge in [0.2, 0.25) is 0 Å². The van der Waals surface area contributed by atoms with Crippen molar-refractivity contribution in [3.63, 3.8) is 0 Å². The summed E-state index contributed by atoms with van der Waals surface area (Å²) in [4.78, 5) is 0. The van der Waals surface area contributed by atoms with E-state index < -0.39 is 11.4 Å². The van der Waals surface area contributed by atoms with Gasteiger partial charge in [-0.1, -0.05) is 48.5 Å². The molecule has 0 saturated heterocycles. The zero-order valence-corrected chi connectivity index (χ0v) is 17.3. The van der Waals surface area contributed by atoms with Crippen LogP contribution >= 0.6 is 0 Å². The number of rotatable bonds is 2. The Morgan fingerprint density at radius 1 is 0.731 bits per heavy atom. The first kappa shape index (κ1) is 24.4. The molecular weight excluding hydrogens is 348 g/mol. The molecule has 2 aromatic rings. The summed E-state index contributed by atoms with van der Waals surface area (Å²) in [6, 6.07) is 16.4. The molecule has 5 nitrogen and oxygen atoms in total. The monoisotopic (exact) mass is 380 g/mol. The van der Waals surface area contributed by atoms with Crippen LogP contribution in [-0.2, 0) is 22.4 Å². The van der Waals surface area contributed by atoms with Gasteiger partial charge in [-0.3, -0.25) is 9.11 Å². The average molecular weight is 381 g/mol. The molecule has 146 valence electrons. The molecule has 0 heterocycles. The first-order valence-electron chi connectivity index (χ1n) is 8.26. The molecule has 0 aromatic heterocycles. The molecule has 6 heteroatoms. The summed E-state index contributed by atoms with van der Waals surface area (Å²) in [7, 11) is 0. The Balaban J connectivity index is 0.000000401. The molecule has 0 unspecified atom stereocenters. The number of nitrogens with two attached hydrogens (primary N) is 2. The topological polar surface area (TPSA) is 110 Å². The summed E-state index contributed by atoms with van der Waals surface area (Å²) >= 11 is -2.61. The highest BCUT2D eigenvalue weighted by Gasteiger charge is 2.15. The van der Waals surface area contributed by atoms with Crippen LogP contribution in [-0.4, -0.2) is 13.3 Å². The van der Waals surface area contributed by atoms with Crippen molar-refractivity contribution in [3.8, 4) is 0 Å². The summed E-state index contributed by atoms with van der Waals surface area (Å²) in [5, 5.41) is 0. The Kier molecular flexibility index (Phi) is 9.91. The van der Waals surface area contributed by atoms with Gasteiger partial charge in [-0.2, -0.15) is 4.21 Å². The minimum Gasteiger partial charge on any atom is -0.322 e. The molecule has 2 aromatic carbocycles. The van der Waals surface area contributed by atoms with Gasteiger partial charge in [0.1, 0.15) is 0 Å². The fourth-order valence-electron chi connectivity index (χ4n) is 2.59. The van der Waals surface area contributed by atoms with Crippen molar-refractivity contribution < 1.29 is 13.3 Å². The summed E-state index contributed by atoms with van der Waals surface area (Å²) in [6.07, 6.45) is 0. The van der Waals surface area contributed by atoms with Crippen LogP contribution < -0.4 is 11.5 Å². The van der Waals surface area contributed by atoms with Crippen molar-refractivity contribution in [1.82, 2.24) is 0 Å². The van der Waals surface area contributed by atoms with Crippen molar-refractivity contribution in [2.45, 2.75) is 52.6 Å². The molecule has 0 radical (unpaired) electrons. The maximum absolute atomic E-state index is 8.67. The van der Waals surface area contributed by atoms with Crippen LogP contribution in [0.15, 0.2) is 48.5 Å². The van der Waals surface area contributed by atoms with E-state index in [1.54, 1.807) is 0 Å². The fraction of sp³-hybridized carbons (Fsp3) is 0.400. The molecule has 0 spiro atoms. The lowest BCUT2D eigenvalue weighted by molar-refractivity contribution is 0.454. The van der Waals surface area contributed by atoms with Crippen molar-refractivity contribution in [3.05, 3.63) is 70.8 Å². The molecular formula is C20H32N2O3S. The van der Waals surface area contributed by atoms with Gasteiger partial charge >= 0.3 is 0 Å². The van der Waals surface area contributed by atoms with Crippen LogP contribution in [0.1, 0.15) is 49.9 Å². The van der Waals surface area contributed by atoms with Gasteiger partial charge in [0.05, 0.1) is 0 Å². The second-order valence-corrected chi connectivity index (χ2v) is 7.77. The third-order valence-electron chi connectivity index (χ3n) is 3.68. The Labute approximate surface area is 159 Å². The predicted octanol–water partition coefficient (Wildman–Crippen LogP) is 4.06. The fourth-order valence-corrected chi connectivity index (χ4v) is 2.59. The minimum atomic E-state index is -2.61. The quantitative estimate of drug-likeness (QED) is 0.587. The molecule has 0 saturated carbocycles. The average Bonchev–Trinajstić information content (AvgIpc) is 2.46. The Hall–Kier alpha value is -1.57. The van der Waals surface area contributed by atoms with Gasteiger partial charge in [-0.05, 0) is 63.8 Å². The number of aryl methyl sites for hydroxylation is 2. The maximum atomic E-state index is 8.67. The molecule has 2 rings (SSSR count). The highest BCUT2D eigenvalue weighted by Crippen LogP contribution is 2.20. The van der Waals surface area contributed by atoms with Gasteiger partial charge in [0, 0.05) is 11.1 Å². The SMILES string of the molecule is Cc1ccccc1C(C)(C)N.Cc1ccccc1C(C)(C)N.O=S(O)O. The maximum Gasteiger partial charge on any atom is 0.299 e. The van der Waals surface area contributed by atoms with Gasteiger partial charge in [0.25, 0.3) is 11.4 Å². The van der Waals surface area contributed by atoms with Crippen LogP contribution in [0.25, 0.3) is 0 Å². The summed E-state index contributed by atoms with van der Waals surface area (Å²) in [5.41, 5.74) is 16.5. The molecule has 0 amide bonds. The summed E-state index contributed by atoms with van der Waals surface area (Å²) in [6.45, 7) is 12.3. The molecule has 26 heavy (non-hydrogen) atoms. The van der Waals surface area contributed by atoms with E-state index in [9.17, 15) is 0 Å². The first-order valence-corrected chi connectivity index (χ1v) is 9.33. The molecule has 0 aliphatic carbocycles. The Morgan fingerprint density at radius 2 is 0.962 bits per heavy atom. The van der Waals surface area contributed by atoms with E-state index in [0.29, 0.717) is 0 Å². The standard InChI is InChI=1S/2C10H15N.H2O3S/c2*1-8-6-4-5-7-9(8)10(2,3)11;1-4(2)3/h2*4-7H,11H2,1-3H3;(H2,1,2,3). The predicted molar refractivity (Wildman–Crippen MR) is 110 cm³/mol. The van der Waals surface area contributed by atoms with E-state index in [-0.39, 0.29) is 11.1 Å². The second kappa shape index (κ2) is 10.5. The number of hydrogen-bond acceptors (Lipinski definition) is 3. The Morgan fingerprint density at radius 3 is 1.12 bits per heavy atom. The highest BCUT2D eigenvalue weighted by molar-refractivity contribution is 7.73. The van der Waals surface area contributed by atoms with Crippen LogP contribution in [0.4, 0.5) is 0 Å². The van der Waals surface area contributed by atoms with E-state index in [1.807, 2.05) is 52.0 Å². The van der Waals surface area contributed by atoms with Crippen molar-refractivity contribution in [2.24, 2.45) is 11.5 Å². The van der Waals surface area contributed by atoms with Gasteiger partial charge < -0.3 is 11.5 Å². The zero-order valence-electron chi connectivity index (χ0n) is 16.5. The number of benzene rings is 2. The molecule has 0 atom stereocenters. The highest BCUT2D eigenvalue weighted by atomic mass is 32.2. The van der Waals surface area contributed by atoms with Crippen molar-refractivity contribution in [1.29, 1.82) is 0 Å².